The number of ether oxygens (including phenoxy) is 3. The minimum Gasteiger partial charge on any atom is -0.467 e. The summed E-state index contributed by atoms with van der Waals surface area (Å²) in [6, 6.07) is 6.42. The number of benzene rings is 1. The van der Waals surface area contributed by atoms with Crippen LogP contribution in [-0.4, -0.2) is 93.0 Å². The normalized spacial score (nSPS) is 23.6. The second kappa shape index (κ2) is 10.4. The monoisotopic (exact) mass is 484 g/mol. The summed E-state index contributed by atoms with van der Waals surface area (Å²) in [5.74, 6) is 1.13. The first-order chi connectivity index (χ1) is 17.1. The number of aryl methyl sites for hydroxylation is 1. The van der Waals surface area contributed by atoms with Crippen molar-refractivity contribution in [3.8, 4) is 6.01 Å². The number of halogens is 1. The molecular formula is C25H33FN6O3. The molecule has 35 heavy (non-hydrogen) atoms. The van der Waals surface area contributed by atoms with Gasteiger partial charge in [0.05, 0.1) is 39.6 Å². The molecule has 0 aliphatic carbocycles. The molecular weight excluding hydrogens is 451 g/mol. The SMILES string of the molecule is COc1nc(Nc2cc(C3CCN(C4COC4)CC3F)c(C)cc2C=N)cc(N2CCOCC2)n1. The van der Waals surface area contributed by atoms with Crippen LogP contribution in [0.15, 0.2) is 18.2 Å². The van der Waals surface area contributed by atoms with Gasteiger partial charge in [-0.15, -0.1) is 0 Å². The Morgan fingerprint density at radius 2 is 1.94 bits per heavy atom. The van der Waals surface area contributed by atoms with Gasteiger partial charge in [0.2, 0.25) is 0 Å². The van der Waals surface area contributed by atoms with E-state index in [1.54, 1.807) is 7.11 Å². The smallest absolute Gasteiger partial charge is 0.320 e. The molecule has 3 fully saturated rings. The number of likely N-dealkylation sites (tertiary alicyclic amines) is 1. The van der Waals surface area contributed by atoms with E-state index in [4.69, 9.17) is 19.6 Å². The van der Waals surface area contributed by atoms with E-state index in [0.717, 1.165) is 54.3 Å². The maximum atomic E-state index is 15.4. The van der Waals surface area contributed by atoms with E-state index in [2.05, 4.69) is 25.1 Å². The summed E-state index contributed by atoms with van der Waals surface area (Å²) in [5.41, 5.74) is 3.41. The average molecular weight is 485 g/mol. The third-order valence-electron chi connectivity index (χ3n) is 7.18. The van der Waals surface area contributed by atoms with Crippen molar-refractivity contribution < 1.29 is 18.6 Å². The van der Waals surface area contributed by atoms with E-state index in [1.807, 2.05) is 25.1 Å². The zero-order valence-electron chi connectivity index (χ0n) is 20.3. The second-order valence-corrected chi connectivity index (χ2v) is 9.36. The van der Waals surface area contributed by atoms with E-state index in [0.29, 0.717) is 44.8 Å². The lowest BCUT2D eigenvalue weighted by Gasteiger charge is -2.43. The van der Waals surface area contributed by atoms with Gasteiger partial charge in [-0.3, -0.25) is 4.90 Å². The minimum absolute atomic E-state index is 0.184. The molecule has 188 valence electrons. The summed E-state index contributed by atoms with van der Waals surface area (Å²) < 4.78 is 31.5. The van der Waals surface area contributed by atoms with Crippen LogP contribution in [0.4, 0.5) is 21.7 Å². The maximum absolute atomic E-state index is 15.4. The second-order valence-electron chi connectivity index (χ2n) is 9.36. The number of aromatic nitrogens is 2. The number of piperidine rings is 1. The first kappa shape index (κ1) is 23.9. The molecule has 0 radical (unpaired) electrons. The van der Waals surface area contributed by atoms with Crippen molar-refractivity contribution in [3.05, 3.63) is 34.9 Å². The predicted molar refractivity (Wildman–Crippen MR) is 132 cm³/mol. The first-order valence-electron chi connectivity index (χ1n) is 12.2. The van der Waals surface area contributed by atoms with Crippen LogP contribution in [0.1, 0.15) is 29.0 Å². The average Bonchev–Trinajstić information content (AvgIpc) is 2.84. The fourth-order valence-electron chi connectivity index (χ4n) is 5.08. The molecule has 3 saturated heterocycles. The molecule has 2 atom stereocenters. The van der Waals surface area contributed by atoms with Crippen molar-refractivity contribution in [2.45, 2.75) is 31.5 Å². The van der Waals surface area contributed by atoms with Crippen molar-refractivity contribution in [2.75, 3.05) is 69.9 Å². The Balaban J connectivity index is 1.41. The quantitative estimate of drug-likeness (QED) is 0.580. The Labute approximate surface area is 205 Å². The van der Waals surface area contributed by atoms with Gasteiger partial charge in [-0.05, 0) is 43.1 Å². The Bertz CT molecular complexity index is 1060. The molecule has 2 unspecified atom stereocenters. The van der Waals surface area contributed by atoms with E-state index in [-0.39, 0.29) is 11.9 Å². The van der Waals surface area contributed by atoms with Crippen molar-refractivity contribution in [3.63, 3.8) is 0 Å². The summed E-state index contributed by atoms with van der Waals surface area (Å²) in [4.78, 5) is 13.3. The Morgan fingerprint density at radius 3 is 2.60 bits per heavy atom. The molecule has 2 aromatic rings. The number of nitrogens with zero attached hydrogens (tertiary/aromatic N) is 4. The van der Waals surface area contributed by atoms with E-state index < -0.39 is 6.17 Å². The van der Waals surface area contributed by atoms with Gasteiger partial charge in [0, 0.05) is 49.1 Å². The molecule has 10 heteroatoms. The third kappa shape index (κ3) is 5.10. The summed E-state index contributed by atoms with van der Waals surface area (Å²) in [7, 11) is 1.54. The summed E-state index contributed by atoms with van der Waals surface area (Å²) in [5, 5.41) is 11.3. The lowest BCUT2D eigenvalue weighted by atomic mass is 9.84. The van der Waals surface area contributed by atoms with Gasteiger partial charge >= 0.3 is 6.01 Å². The van der Waals surface area contributed by atoms with Crippen LogP contribution in [0.25, 0.3) is 0 Å². The van der Waals surface area contributed by atoms with Crippen molar-refractivity contribution >= 4 is 23.5 Å². The molecule has 0 bridgehead atoms. The molecule has 3 aliphatic rings. The first-order valence-corrected chi connectivity index (χ1v) is 12.2. The van der Waals surface area contributed by atoms with Gasteiger partial charge in [-0.2, -0.15) is 9.97 Å². The number of methoxy groups -OCH3 is 1. The zero-order chi connectivity index (χ0) is 24.4. The Kier molecular flexibility index (Phi) is 7.12. The van der Waals surface area contributed by atoms with Gasteiger partial charge < -0.3 is 29.8 Å². The molecule has 1 aromatic carbocycles. The molecule has 5 rings (SSSR count). The molecule has 3 aliphatic heterocycles. The number of anilines is 3. The van der Waals surface area contributed by atoms with Gasteiger partial charge in [0.1, 0.15) is 17.8 Å². The van der Waals surface area contributed by atoms with Gasteiger partial charge in [-0.25, -0.2) is 4.39 Å². The lowest BCUT2D eigenvalue weighted by molar-refractivity contribution is -0.0807. The maximum Gasteiger partial charge on any atom is 0.320 e. The molecule has 0 saturated carbocycles. The van der Waals surface area contributed by atoms with Crippen LogP contribution in [0, 0.1) is 12.3 Å². The topological polar surface area (TPSA) is 95.8 Å². The van der Waals surface area contributed by atoms with Crippen LogP contribution in [0.5, 0.6) is 6.01 Å². The fraction of sp³-hybridized carbons (Fsp3) is 0.560. The molecule has 2 N–H and O–H groups in total. The number of nitrogens with one attached hydrogen (secondary N) is 2. The van der Waals surface area contributed by atoms with Crippen molar-refractivity contribution in [2.24, 2.45) is 0 Å². The highest BCUT2D eigenvalue weighted by Gasteiger charge is 2.36. The fourth-order valence-corrected chi connectivity index (χ4v) is 5.08. The lowest BCUT2D eigenvalue weighted by Crippen LogP contribution is -2.54. The van der Waals surface area contributed by atoms with Crippen LogP contribution in [0.2, 0.25) is 0 Å². The highest BCUT2D eigenvalue weighted by Crippen LogP contribution is 2.37. The Morgan fingerprint density at radius 1 is 1.14 bits per heavy atom. The van der Waals surface area contributed by atoms with Gasteiger partial charge in [0.15, 0.2) is 0 Å². The van der Waals surface area contributed by atoms with Gasteiger partial charge in [-0.1, -0.05) is 0 Å². The number of hydrogen-bond donors (Lipinski definition) is 2. The molecule has 1 aromatic heterocycles. The zero-order valence-corrected chi connectivity index (χ0v) is 20.3. The van der Waals surface area contributed by atoms with Crippen LogP contribution in [0.3, 0.4) is 0 Å². The third-order valence-corrected chi connectivity index (χ3v) is 7.18. The number of hydrogen-bond acceptors (Lipinski definition) is 9. The van der Waals surface area contributed by atoms with Crippen LogP contribution < -0.4 is 15.0 Å². The van der Waals surface area contributed by atoms with E-state index in [1.165, 1.54) is 6.21 Å². The summed E-state index contributed by atoms with van der Waals surface area (Å²) in [6.45, 7) is 7.46. The summed E-state index contributed by atoms with van der Waals surface area (Å²) >= 11 is 0. The van der Waals surface area contributed by atoms with E-state index >= 15 is 4.39 Å². The standard InChI is InChI=1S/C25H33FN6O3/c1-16-9-17(12-27)22(10-20(16)19-3-4-32(13-21(19)26)18-14-35-15-18)28-23-11-24(30-25(29-23)33-2)31-5-7-34-8-6-31/h9-12,18-19,21,27H,3-8,13-15H2,1-2H3,(H,28,29,30). The molecule has 4 heterocycles. The number of alkyl halides is 1. The van der Waals surface area contributed by atoms with Gasteiger partial charge in [0.25, 0.3) is 0 Å². The molecule has 0 spiro atoms. The highest BCUT2D eigenvalue weighted by molar-refractivity contribution is 5.88. The largest absolute Gasteiger partial charge is 0.467 e. The van der Waals surface area contributed by atoms with Crippen molar-refractivity contribution in [1.29, 1.82) is 5.41 Å². The summed E-state index contributed by atoms with van der Waals surface area (Å²) in [6.07, 6.45) is 1.12. The highest BCUT2D eigenvalue weighted by atomic mass is 19.1. The molecule has 0 amide bonds. The molecule has 9 nitrogen and oxygen atoms in total. The van der Waals surface area contributed by atoms with E-state index in [9.17, 15) is 0 Å². The van der Waals surface area contributed by atoms with Crippen LogP contribution >= 0.6 is 0 Å². The minimum atomic E-state index is -0.950. The van der Waals surface area contributed by atoms with Crippen molar-refractivity contribution in [1.82, 2.24) is 14.9 Å². The predicted octanol–water partition coefficient (Wildman–Crippen LogP) is 2.90. The Hall–Kier alpha value is -2.82. The van der Waals surface area contributed by atoms with Crippen LogP contribution in [-0.2, 0) is 9.47 Å². The number of morpholine rings is 1. The number of rotatable bonds is 7.